The number of halogens is 2. The number of thioether (sulfide) groups is 1. The van der Waals surface area contributed by atoms with E-state index >= 15 is 0 Å². The fourth-order valence-corrected chi connectivity index (χ4v) is 5.97. The lowest BCUT2D eigenvalue weighted by Gasteiger charge is -2.22. The first-order chi connectivity index (χ1) is 22.5. The molecule has 2 aromatic carbocycles. The zero-order valence-electron chi connectivity index (χ0n) is 25.7. The van der Waals surface area contributed by atoms with Gasteiger partial charge in [-0.25, -0.2) is 9.37 Å². The Kier molecular flexibility index (Phi) is 12.1. The van der Waals surface area contributed by atoms with Crippen molar-refractivity contribution in [3.05, 3.63) is 86.9 Å². The number of rotatable bonds is 16. The second-order valence-corrected chi connectivity index (χ2v) is 11.7. The van der Waals surface area contributed by atoms with Gasteiger partial charge in [0.05, 0.1) is 25.3 Å². The van der Waals surface area contributed by atoms with Crippen LogP contribution in [0.3, 0.4) is 0 Å². The number of carbonyl (C=O) groups is 3. The van der Waals surface area contributed by atoms with E-state index in [9.17, 15) is 28.7 Å². The van der Waals surface area contributed by atoms with Crippen LogP contribution in [0.2, 0.25) is 5.02 Å². The number of hydrogen-bond acceptors (Lipinski definition) is 11. The Balaban J connectivity index is 1.47. The highest BCUT2D eigenvalue weighted by atomic mass is 35.5. The number of nitrogens with zero attached hydrogens (tertiary/aromatic N) is 4. The van der Waals surface area contributed by atoms with Crippen molar-refractivity contribution in [2.75, 3.05) is 18.2 Å². The lowest BCUT2D eigenvalue weighted by molar-refractivity contribution is -0.140. The van der Waals surface area contributed by atoms with Gasteiger partial charge < -0.3 is 25.0 Å². The second kappa shape index (κ2) is 16.2. The molecule has 0 radical (unpaired) electrons. The molecule has 0 spiro atoms. The van der Waals surface area contributed by atoms with E-state index < -0.39 is 47.5 Å². The molecule has 4 aromatic rings. The van der Waals surface area contributed by atoms with Crippen LogP contribution in [0.15, 0.2) is 58.1 Å². The van der Waals surface area contributed by atoms with E-state index in [-0.39, 0.29) is 40.9 Å². The van der Waals surface area contributed by atoms with Crippen LogP contribution in [0, 0.1) is 12.7 Å². The van der Waals surface area contributed by atoms with Crippen LogP contribution in [-0.2, 0) is 26.7 Å². The first-order valence-corrected chi connectivity index (χ1v) is 15.9. The van der Waals surface area contributed by atoms with Gasteiger partial charge in [-0.15, -0.1) is 11.8 Å². The molecule has 0 aliphatic rings. The van der Waals surface area contributed by atoms with E-state index in [1.54, 1.807) is 32.0 Å². The summed E-state index contributed by atoms with van der Waals surface area (Å²) < 4.78 is 26.0. The molecule has 0 saturated carbocycles. The lowest BCUT2D eigenvalue weighted by Crippen LogP contribution is -2.47. The van der Waals surface area contributed by atoms with Crippen molar-refractivity contribution in [3.63, 3.8) is 0 Å². The number of carboxylic acids is 1. The van der Waals surface area contributed by atoms with Gasteiger partial charge >= 0.3 is 5.97 Å². The predicted octanol–water partition coefficient (Wildman–Crippen LogP) is 4.43. The summed E-state index contributed by atoms with van der Waals surface area (Å²) in [6.45, 7) is 3.48. The fourth-order valence-electron chi connectivity index (χ4n) is 4.66. The average Bonchev–Trinajstić information content (AvgIpc) is 3.48. The number of ether oxygens (including phenoxy) is 1. The number of ketones is 1. The van der Waals surface area contributed by atoms with Gasteiger partial charge in [-0.2, -0.15) is 4.98 Å². The molecule has 47 heavy (non-hydrogen) atoms. The Morgan fingerprint density at radius 3 is 2.68 bits per heavy atom. The maximum Gasteiger partial charge on any atom is 0.305 e. The van der Waals surface area contributed by atoms with E-state index in [1.165, 1.54) is 37.7 Å². The highest BCUT2D eigenvalue weighted by Gasteiger charge is 2.28. The third kappa shape index (κ3) is 8.95. The van der Waals surface area contributed by atoms with Crippen LogP contribution in [0.4, 0.5) is 10.2 Å². The smallest absolute Gasteiger partial charge is 0.305 e. The van der Waals surface area contributed by atoms with Crippen molar-refractivity contribution in [3.8, 4) is 17.2 Å². The van der Waals surface area contributed by atoms with Crippen molar-refractivity contribution >= 4 is 46.8 Å². The number of aromatic nitrogens is 4. The van der Waals surface area contributed by atoms with Gasteiger partial charge in [0, 0.05) is 46.4 Å². The average molecular weight is 687 g/mol. The Hall–Kier alpha value is -4.76. The van der Waals surface area contributed by atoms with E-state index in [0.717, 1.165) is 16.3 Å². The SMILES string of the molecule is CCC(C(=O)NC(CC(=O)O)C(=O)CSCc1c(F)cccc1Cl)n1ccnc(NCc2cc(-c3nc(C)no3)ccc2OC)c1=O. The molecule has 2 aromatic heterocycles. The number of carboxylic acid groups (broad SMARTS) is 1. The first-order valence-electron chi connectivity index (χ1n) is 14.4. The Morgan fingerprint density at radius 2 is 2.02 bits per heavy atom. The number of hydrogen-bond donors (Lipinski definition) is 3. The topological polar surface area (TPSA) is 179 Å². The highest BCUT2D eigenvalue weighted by molar-refractivity contribution is 7.99. The Bertz CT molecular complexity index is 1800. The molecule has 0 fully saturated rings. The highest BCUT2D eigenvalue weighted by Crippen LogP contribution is 2.27. The maximum absolute atomic E-state index is 14.1. The van der Waals surface area contributed by atoms with Crippen molar-refractivity contribution in [1.29, 1.82) is 0 Å². The largest absolute Gasteiger partial charge is 0.496 e. The number of anilines is 1. The van der Waals surface area contributed by atoms with Gasteiger partial charge in [-0.05, 0) is 43.7 Å². The first kappa shape index (κ1) is 35.1. The summed E-state index contributed by atoms with van der Waals surface area (Å²) in [4.78, 5) is 59.8. The van der Waals surface area contributed by atoms with Gasteiger partial charge in [0.15, 0.2) is 17.4 Å². The van der Waals surface area contributed by atoms with Crippen molar-refractivity contribution in [2.45, 2.75) is 51.1 Å². The van der Waals surface area contributed by atoms with Gasteiger partial charge in [0.2, 0.25) is 5.91 Å². The van der Waals surface area contributed by atoms with Crippen molar-refractivity contribution in [2.24, 2.45) is 0 Å². The summed E-state index contributed by atoms with van der Waals surface area (Å²) in [6.07, 6.45) is 2.15. The molecule has 2 unspecified atom stereocenters. The van der Waals surface area contributed by atoms with E-state index in [4.69, 9.17) is 20.9 Å². The summed E-state index contributed by atoms with van der Waals surface area (Å²) in [5.41, 5.74) is 0.901. The molecule has 248 valence electrons. The third-order valence-electron chi connectivity index (χ3n) is 7.03. The van der Waals surface area contributed by atoms with Crippen LogP contribution >= 0.6 is 23.4 Å². The Morgan fingerprint density at radius 1 is 1.23 bits per heavy atom. The number of amides is 1. The zero-order valence-corrected chi connectivity index (χ0v) is 27.2. The van der Waals surface area contributed by atoms with Crippen LogP contribution < -0.4 is 20.9 Å². The summed E-state index contributed by atoms with van der Waals surface area (Å²) in [6, 6.07) is 7.02. The molecule has 0 aliphatic carbocycles. The Labute approximate surface area is 277 Å². The number of Topliss-reactive ketones (excluding diaryl/α,β-unsaturated/α-hetero) is 1. The predicted molar refractivity (Wildman–Crippen MR) is 173 cm³/mol. The van der Waals surface area contributed by atoms with E-state index in [2.05, 4.69) is 25.8 Å². The standard InChI is InChI=1S/C31H32ClFN6O7S/c1-4-24(29(43)37-23(13-27(41)42)25(40)16-47-15-20-21(32)6-5-7-22(20)33)39-11-10-34-28(31(39)44)35-14-19-12-18(8-9-26(19)45-3)30-36-17(2)38-46-30/h5-12,23-24H,4,13-16H2,1-3H3,(H,34,35)(H,37,43)(H,41,42). The molecule has 13 nitrogen and oxygen atoms in total. The molecule has 2 heterocycles. The van der Waals surface area contributed by atoms with Gasteiger partial charge in [0.25, 0.3) is 11.4 Å². The molecule has 16 heteroatoms. The maximum atomic E-state index is 14.1. The molecule has 4 rings (SSSR count). The van der Waals surface area contributed by atoms with Crippen LogP contribution in [0.1, 0.15) is 42.8 Å². The summed E-state index contributed by atoms with van der Waals surface area (Å²) in [5, 5.41) is 18.9. The molecular weight excluding hydrogens is 655 g/mol. The number of aryl methyl sites for hydroxylation is 1. The van der Waals surface area contributed by atoms with Crippen molar-refractivity contribution in [1.82, 2.24) is 25.0 Å². The quantitative estimate of drug-likeness (QED) is 0.151. The zero-order chi connectivity index (χ0) is 34.1. The van der Waals surface area contributed by atoms with Gasteiger partial charge in [0.1, 0.15) is 17.6 Å². The molecular formula is C31H32ClFN6O7S. The molecule has 2 atom stereocenters. The monoisotopic (exact) mass is 686 g/mol. The molecule has 0 saturated heterocycles. The number of carbonyl (C=O) groups excluding carboxylic acids is 2. The van der Waals surface area contributed by atoms with Crippen LogP contribution in [0.5, 0.6) is 5.75 Å². The minimum atomic E-state index is -1.38. The molecule has 3 N–H and O–H groups in total. The normalized spacial score (nSPS) is 12.3. The van der Waals surface area contributed by atoms with Gasteiger partial charge in [-0.1, -0.05) is 29.7 Å². The fraction of sp³-hybridized carbons (Fsp3) is 0.323. The third-order valence-corrected chi connectivity index (χ3v) is 8.37. The summed E-state index contributed by atoms with van der Waals surface area (Å²) >= 11 is 7.09. The number of nitrogens with one attached hydrogen (secondary N) is 2. The second-order valence-electron chi connectivity index (χ2n) is 10.3. The summed E-state index contributed by atoms with van der Waals surface area (Å²) in [7, 11) is 1.51. The number of benzene rings is 2. The molecule has 0 aliphatic heterocycles. The minimum absolute atomic E-state index is 0.0544. The summed E-state index contributed by atoms with van der Waals surface area (Å²) in [5.74, 6) is -2.01. The molecule has 0 bridgehead atoms. The minimum Gasteiger partial charge on any atom is -0.496 e. The van der Waals surface area contributed by atoms with Crippen LogP contribution in [0.25, 0.3) is 11.5 Å². The van der Waals surface area contributed by atoms with Crippen LogP contribution in [-0.4, -0.2) is 61.4 Å². The van der Waals surface area contributed by atoms with E-state index in [1.807, 2.05) is 0 Å². The molecule has 1 amide bonds. The van der Waals surface area contributed by atoms with Gasteiger partial charge in [-0.3, -0.25) is 23.7 Å². The lowest BCUT2D eigenvalue weighted by atomic mass is 10.1. The number of methoxy groups -OCH3 is 1. The van der Waals surface area contributed by atoms with E-state index in [0.29, 0.717) is 28.6 Å². The number of aliphatic carboxylic acids is 1. The van der Waals surface area contributed by atoms with Crippen molar-refractivity contribution < 1.29 is 33.1 Å².